The Morgan fingerprint density at radius 1 is 1.13 bits per heavy atom. The van der Waals surface area contributed by atoms with Gasteiger partial charge >= 0.3 is 5.97 Å². The maximum atomic E-state index is 12.3. The van der Waals surface area contributed by atoms with E-state index in [1.54, 1.807) is 0 Å². The third-order valence-electron chi connectivity index (χ3n) is 3.88. The number of H-pyrrole nitrogens is 1. The molecule has 1 aromatic heterocycles. The van der Waals surface area contributed by atoms with Crippen LogP contribution in [0.1, 0.15) is 18.5 Å². The number of carbonyl (C=O) groups is 5. The van der Waals surface area contributed by atoms with Crippen LogP contribution in [0.4, 0.5) is 0 Å². The predicted octanol–water partition coefficient (Wildman–Crippen LogP) is -4.29. The maximum absolute atomic E-state index is 12.3. The van der Waals surface area contributed by atoms with Crippen LogP contribution in [-0.4, -0.2) is 81.1 Å². The smallest absolute Gasteiger partial charge is 0.328 e. The van der Waals surface area contributed by atoms with Crippen molar-refractivity contribution < 1.29 is 34.2 Å². The molecule has 0 aromatic carbocycles. The molecule has 0 saturated heterocycles. The van der Waals surface area contributed by atoms with Gasteiger partial charge in [-0.05, 0) is 6.42 Å². The van der Waals surface area contributed by atoms with E-state index in [2.05, 4.69) is 20.6 Å². The van der Waals surface area contributed by atoms with E-state index in [1.165, 1.54) is 12.5 Å². The Morgan fingerprint density at radius 3 is 2.37 bits per heavy atom. The molecule has 0 fully saturated rings. The minimum absolute atomic E-state index is 0.121. The Hall–Kier alpha value is -3.52. The molecule has 0 saturated carbocycles. The average Bonchev–Trinajstić information content (AvgIpc) is 3.19. The van der Waals surface area contributed by atoms with Crippen molar-refractivity contribution >= 4 is 29.6 Å². The molecule has 0 aliphatic carbocycles. The van der Waals surface area contributed by atoms with Crippen LogP contribution in [0.3, 0.4) is 0 Å². The zero-order chi connectivity index (χ0) is 22.7. The number of nitrogens with one attached hydrogen (secondary N) is 4. The second-order valence-corrected chi connectivity index (χ2v) is 6.31. The highest BCUT2D eigenvalue weighted by Gasteiger charge is 2.25. The highest BCUT2D eigenvalue weighted by Crippen LogP contribution is 2.01. The lowest BCUT2D eigenvalue weighted by Crippen LogP contribution is -2.54. The van der Waals surface area contributed by atoms with Gasteiger partial charge in [0.25, 0.3) is 0 Å². The third kappa shape index (κ3) is 8.66. The van der Waals surface area contributed by atoms with Gasteiger partial charge in [-0.1, -0.05) is 0 Å². The number of nitrogens with two attached hydrogens (primary N) is 2. The number of imidazole rings is 1. The van der Waals surface area contributed by atoms with Gasteiger partial charge in [0.2, 0.25) is 23.6 Å². The topological polar surface area (TPSA) is 243 Å². The molecule has 1 rings (SSSR count). The summed E-state index contributed by atoms with van der Waals surface area (Å²) in [5.41, 5.74) is 11.5. The van der Waals surface area contributed by atoms with Crippen LogP contribution in [0.5, 0.6) is 0 Å². The zero-order valence-electron chi connectivity index (χ0n) is 16.0. The van der Waals surface area contributed by atoms with Gasteiger partial charge in [-0.25, -0.2) is 9.78 Å². The number of aromatic nitrogens is 2. The van der Waals surface area contributed by atoms with Crippen LogP contribution >= 0.6 is 0 Å². The number of rotatable bonds is 13. The molecule has 14 nitrogen and oxygen atoms in total. The number of amides is 4. The molecule has 0 spiro atoms. The standard InChI is InChI=1S/C16H25N7O7/c17-9(3-8-4-19-7-21-8)14(27)23-10(1-2-12(18)25)15(28)20-5-13(26)22-11(6-24)16(29)30/h4,7,9-11,24H,1-3,5-6,17H2,(H2,18,25)(H,19,21)(H,20,28)(H,22,26)(H,23,27)(H,29,30). The average molecular weight is 427 g/mol. The minimum Gasteiger partial charge on any atom is -0.480 e. The van der Waals surface area contributed by atoms with Crippen molar-refractivity contribution in [1.29, 1.82) is 0 Å². The van der Waals surface area contributed by atoms with Crippen molar-refractivity contribution in [3.05, 3.63) is 18.2 Å². The number of aliphatic carboxylic acids is 1. The molecule has 3 atom stereocenters. The van der Waals surface area contributed by atoms with Crippen molar-refractivity contribution in [2.75, 3.05) is 13.2 Å². The van der Waals surface area contributed by atoms with Crippen molar-refractivity contribution in [3.63, 3.8) is 0 Å². The van der Waals surface area contributed by atoms with Crippen molar-refractivity contribution in [2.45, 2.75) is 37.4 Å². The Labute approximate surface area is 170 Å². The van der Waals surface area contributed by atoms with Gasteiger partial charge in [0.15, 0.2) is 0 Å². The predicted molar refractivity (Wildman–Crippen MR) is 100 cm³/mol. The van der Waals surface area contributed by atoms with E-state index in [0.717, 1.165) is 0 Å². The first-order valence-corrected chi connectivity index (χ1v) is 8.86. The van der Waals surface area contributed by atoms with Gasteiger partial charge in [-0.15, -0.1) is 0 Å². The van der Waals surface area contributed by atoms with E-state index in [0.29, 0.717) is 5.69 Å². The lowest BCUT2D eigenvalue weighted by molar-refractivity contribution is -0.142. The first-order chi connectivity index (χ1) is 14.1. The summed E-state index contributed by atoms with van der Waals surface area (Å²) in [5.74, 6) is -4.50. The second kappa shape index (κ2) is 12.1. The molecular weight excluding hydrogens is 402 g/mol. The largest absolute Gasteiger partial charge is 0.480 e. The second-order valence-electron chi connectivity index (χ2n) is 6.31. The van der Waals surface area contributed by atoms with Crippen LogP contribution < -0.4 is 27.4 Å². The SMILES string of the molecule is NC(=O)CCC(NC(=O)C(N)Cc1cnc[nH]1)C(=O)NCC(=O)NC(CO)C(=O)O. The number of aliphatic hydroxyl groups excluding tert-OH is 1. The molecule has 166 valence electrons. The zero-order valence-corrected chi connectivity index (χ0v) is 16.0. The van der Waals surface area contributed by atoms with Gasteiger partial charge in [0.1, 0.15) is 12.1 Å². The number of aromatic amines is 1. The van der Waals surface area contributed by atoms with Crippen LogP contribution in [0, 0.1) is 0 Å². The maximum Gasteiger partial charge on any atom is 0.328 e. The molecule has 14 heteroatoms. The molecule has 4 amide bonds. The molecule has 0 radical (unpaired) electrons. The van der Waals surface area contributed by atoms with Gasteiger partial charge in [0.05, 0.1) is 25.5 Å². The van der Waals surface area contributed by atoms with E-state index in [1.807, 2.05) is 5.32 Å². The Balaban J connectivity index is 2.65. The molecule has 10 N–H and O–H groups in total. The summed E-state index contributed by atoms with van der Waals surface area (Å²) in [6.07, 6.45) is 2.67. The molecule has 0 bridgehead atoms. The molecule has 0 aliphatic rings. The number of carboxylic acids is 1. The fraction of sp³-hybridized carbons (Fsp3) is 0.500. The summed E-state index contributed by atoms with van der Waals surface area (Å²) in [5, 5.41) is 24.3. The van der Waals surface area contributed by atoms with Gasteiger partial charge in [-0.3, -0.25) is 19.2 Å². The number of hydrogen-bond donors (Lipinski definition) is 8. The molecule has 0 aliphatic heterocycles. The van der Waals surface area contributed by atoms with Gasteiger partial charge in [0, 0.05) is 24.7 Å². The van der Waals surface area contributed by atoms with Crippen LogP contribution in [0.15, 0.2) is 12.5 Å². The van der Waals surface area contributed by atoms with E-state index in [9.17, 15) is 24.0 Å². The monoisotopic (exact) mass is 427 g/mol. The highest BCUT2D eigenvalue weighted by atomic mass is 16.4. The van der Waals surface area contributed by atoms with E-state index >= 15 is 0 Å². The van der Waals surface area contributed by atoms with Crippen molar-refractivity contribution in [3.8, 4) is 0 Å². The highest BCUT2D eigenvalue weighted by molar-refractivity contribution is 5.93. The van der Waals surface area contributed by atoms with E-state index < -0.39 is 60.9 Å². The number of nitrogens with zero attached hydrogens (tertiary/aromatic N) is 1. The summed E-state index contributed by atoms with van der Waals surface area (Å²) in [6, 6.07) is -3.75. The molecule has 30 heavy (non-hydrogen) atoms. The number of aliphatic hydroxyl groups is 1. The Morgan fingerprint density at radius 2 is 1.83 bits per heavy atom. The number of carboxylic acid groups (broad SMARTS) is 1. The van der Waals surface area contributed by atoms with E-state index in [4.69, 9.17) is 21.7 Å². The lowest BCUT2D eigenvalue weighted by atomic mass is 10.1. The number of carbonyl (C=O) groups excluding carboxylic acids is 4. The summed E-state index contributed by atoms with van der Waals surface area (Å²) in [7, 11) is 0. The summed E-state index contributed by atoms with van der Waals surface area (Å²) < 4.78 is 0. The summed E-state index contributed by atoms with van der Waals surface area (Å²) in [4.78, 5) is 64.8. The van der Waals surface area contributed by atoms with Gasteiger partial charge < -0.3 is 42.6 Å². The normalized spacial score (nSPS) is 13.5. The van der Waals surface area contributed by atoms with Crippen LogP contribution in [-0.2, 0) is 30.4 Å². The molecule has 1 aromatic rings. The van der Waals surface area contributed by atoms with Crippen LogP contribution in [0.2, 0.25) is 0 Å². The van der Waals surface area contributed by atoms with E-state index in [-0.39, 0.29) is 19.3 Å². The lowest BCUT2D eigenvalue weighted by Gasteiger charge is -2.20. The Kier molecular flexibility index (Phi) is 9.91. The third-order valence-corrected chi connectivity index (χ3v) is 3.88. The van der Waals surface area contributed by atoms with Crippen LogP contribution in [0.25, 0.3) is 0 Å². The first kappa shape index (κ1) is 24.5. The quantitative estimate of drug-likeness (QED) is 0.151. The number of primary amides is 1. The van der Waals surface area contributed by atoms with Crippen molar-refractivity contribution in [2.24, 2.45) is 11.5 Å². The fourth-order valence-electron chi connectivity index (χ4n) is 2.28. The minimum atomic E-state index is -1.53. The number of hydrogen-bond acceptors (Lipinski definition) is 8. The van der Waals surface area contributed by atoms with Crippen molar-refractivity contribution in [1.82, 2.24) is 25.9 Å². The summed E-state index contributed by atoms with van der Waals surface area (Å²) >= 11 is 0. The molecular formula is C16H25N7O7. The molecule has 3 unspecified atom stereocenters. The summed E-state index contributed by atoms with van der Waals surface area (Å²) in [6.45, 7) is -1.45. The Bertz CT molecular complexity index is 753. The fourth-order valence-corrected chi connectivity index (χ4v) is 2.28. The first-order valence-electron chi connectivity index (χ1n) is 8.86. The van der Waals surface area contributed by atoms with Gasteiger partial charge in [-0.2, -0.15) is 0 Å². The molecule has 1 heterocycles.